The molecule has 0 spiro atoms. The number of hydrogen-bond acceptors (Lipinski definition) is 11. The molecule has 0 bridgehead atoms. The molecule has 1 aliphatic rings. The Kier molecular flexibility index (Phi) is 6.16. The highest BCUT2D eigenvalue weighted by molar-refractivity contribution is 7.98. The van der Waals surface area contributed by atoms with E-state index in [1.54, 1.807) is 18.2 Å². The predicted molar refractivity (Wildman–Crippen MR) is 112 cm³/mol. The second-order valence-electron chi connectivity index (χ2n) is 6.93. The first-order chi connectivity index (χ1) is 15.0. The normalized spacial score (nSPS) is 23.4. The van der Waals surface area contributed by atoms with Crippen molar-refractivity contribution in [1.82, 2.24) is 19.5 Å². The molecule has 2 aromatic heterocycles. The molecule has 0 radical (unpaired) electrons. The fourth-order valence-corrected chi connectivity index (χ4v) is 3.82. The van der Waals surface area contributed by atoms with Crippen LogP contribution < -0.4 is 10.1 Å². The number of nitrogens with zero attached hydrogens (tertiary/aromatic N) is 4. The van der Waals surface area contributed by atoms with Crippen LogP contribution in [-0.2, 0) is 11.3 Å². The van der Waals surface area contributed by atoms with Gasteiger partial charge in [0.15, 0.2) is 39.9 Å². The third-order valence-electron chi connectivity index (χ3n) is 5.12. The lowest BCUT2D eigenvalue weighted by atomic mass is 10.1. The third kappa shape index (κ3) is 3.88. The van der Waals surface area contributed by atoms with Gasteiger partial charge < -0.3 is 35.2 Å². The molecule has 166 valence electrons. The summed E-state index contributed by atoms with van der Waals surface area (Å²) in [6.07, 6.45) is -1.09. The number of para-hydroxylation sites is 1. The molecule has 5 N–H and O–H groups in total. The van der Waals surface area contributed by atoms with Crippen molar-refractivity contribution in [2.24, 2.45) is 0 Å². The van der Waals surface area contributed by atoms with Gasteiger partial charge in [0.1, 0.15) is 18.3 Å². The first-order valence-electron chi connectivity index (χ1n) is 9.48. The summed E-state index contributed by atoms with van der Waals surface area (Å²) in [4.78, 5) is 13.3. The topological polar surface area (TPSA) is 155 Å². The summed E-state index contributed by atoms with van der Waals surface area (Å²) >= 11 is 1.32. The molecule has 31 heavy (non-hydrogen) atoms. The summed E-state index contributed by atoms with van der Waals surface area (Å²) in [5, 5.41) is 43.8. The van der Waals surface area contributed by atoms with Crippen LogP contribution in [0.25, 0.3) is 11.2 Å². The van der Waals surface area contributed by atoms with Gasteiger partial charge in [-0.05, 0) is 12.3 Å². The number of benzene rings is 1. The maximum Gasteiger partial charge on any atom is 0.191 e. The molecule has 3 heterocycles. The summed E-state index contributed by atoms with van der Waals surface area (Å²) < 4.78 is 12.3. The number of rotatable bonds is 7. The maximum absolute atomic E-state index is 10.4. The van der Waals surface area contributed by atoms with E-state index < -0.39 is 31.1 Å². The second kappa shape index (κ2) is 8.85. The van der Waals surface area contributed by atoms with Crippen molar-refractivity contribution in [3.8, 4) is 11.5 Å². The second-order valence-corrected chi connectivity index (χ2v) is 7.71. The van der Waals surface area contributed by atoms with Gasteiger partial charge in [-0.1, -0.05) is 23.9 Å². The van der Waals surface area contributed by atoms with Crippen molar-refractivity contribution in [3.63, 3.8) is 0 Å². The highest BCUT2D eigenvalue weighted by Gasteiger charge is 2.44. The number of aliphatic hydroxyl groups excluding tert-OH is 3. The van der Waals surface area contributed by atoms with Gasteiger partial charge in [0.05, 0.1) is 20.0 Å². The number of aliphatic hydroxyl groups is 3. The Balaban J connectivity index is 1.68. The molecule has 12 heteroatoms. The van der Waals surface area contributed by atoms with E-state index in [1.807, 2.05) is 6.26 Å². The average molecular weight is 449 g/mol. The third-order valence-corrected chi connectivity index (χ3v) is 5.67. The van der Waals surface area contributed by atoms with Crippen LogP contribution in [0.3, 0.4) is 0 Å². The number of phenols is 1. The maximum atomic E-state index is 10.4. The quantitative estimate of drug-likeness (QED) is 0.253. The number of methoxy groups -OCH3 is 1. The molecule has 1 aromatic carbocycles. The number of imidazole rings is 1. The van der Waals surface area contributed by atoms with Gasteiger partial charge in [0.25, 0.3) is 0 Å². The number of hydrogen-bond donors (Lipinski definition) is 5. The molecule has 0 aliphatic carbocycles. The molecule has 1 saturated heterocycles. The molecule has 3 aromatic rings. The van der Waals surface area contributed by atoms with E-state index in [0.717, 1.165) is 0 Å². The van der Waals surface area contributed by atoms with E-state index in [9.17, 15) is 20.4 Å². The number of aromatic nitrogens is 4. The van der Waals surface area contributed by atoms with Crippen LogP contribution in [0.15, 0.2) is 29.7 Å². The number of anilines is 1. The van der Waals surface area contributed by atoms with Crippen LogP contribution >= 0.6 is 11.8 Å². The summed E-state index contributed by atoms with van der Waals surface area (Å²) in [5.74, 6) is 0.831. The van der Waals surface area contributed by atoms with E-state index in [-0.39, 0.29) is 12.3 Å². The molecule has 1 fully saturated rings. The fraction of sp³-hybridized carbons (Fsp3) is 0.421. The van der Waals surface area contributed by atoms with Crippen molar-refractivity contribution in [1.29, 1.82) is 0 Å². The van der Waals surface area contributed by atoms with E-state index >= 15 is 0 Å². The van der Waals surface area contributed by atoms with Gasteiger partial charge in [0.2, 0.25) is 0 Å². The lowest BCUT2D eigenvalue weighted by Gasteiger charge is -2.17. The Hall–Kier alpha value is -2.64. The molecular formula is C19H23N5O6S. The van der Waals surface area contributed by atoms with Gasteiger partial charge >= 0.3 is 0 Å². The van der Waals surface area contributed by atoms with E-state index in [0.29, 0.717) is 33.5 Å². The highest BCUT2D eigenvalue weighted by Crippen LogP contribution is 2.34. The van der Waals surface area contributed by atoms with Crippen molar-refractivity contribution >= 4 is 28.7 Å². The monoisotopic (exact) mass is 449 g/mol. The van der Waals surface area contributed by atoms with E-state index in [4.69, 9.17) is 9.47 Å². The van der Waals surface area contributed by atoms with Gasteiger partial charge in [0, 0.05) is 12.1 Å². The average Bonchev–Trinajstić information content (AvgIpc) is 3.33. The van der Waals surface area contributed by atoms with Crippen molar-refractivity contribution in [3.05, 3.63) is 30.1 Å². The SMILES string of the molecule is COc1cccc(CNc2nc(SC)nc3c2ncn3C2O[C@H](CO)[C@@H](O)[C@H]2O)c1O. The van der Waals surface area contributed by atoms with Crippen LogP contribution in [0.4, 0.5) is 5.82 Å². The lowest BCUT2D eigenvalue weighted by Crippen LogP contribution is -2.33. The van der Waals surface area contributed by atoms with E-state index in [1.165, 1.54) is 29.8 Å². The molecule has 4 rings (SSSR count). The van der Waals surface area contributed by atoms with Gasteiger partial charge in [-0.15, -0.1) is 0 Å². The van der Waals surface area contributed by atoms with E-state index in [2.05, 4.69) is 20.3 Å². The smallest absolute Gasteiger partial charge is 0.191 e. The van der Waals surface area contributed by atoms with Crippen LogP contribution in [-0.4, -0.2) is 78.2 Å². The molecule has 1 aliphatic heterocycles. The first kappa shape index (κ1) is 21.6. The standard InChI is InChI=1S/C19H23N5O6S/c1-29-10-5-3-4-9(13(10)26)6-20-16-12-17(23-19(22-16)31-2)24(8-21-12)18-15(28)14(27)11(7-25)30-18/h3-5,8,11,14-15,18,25-28H,6-7H2,1-2H3,(H,20,22,23)/t11-,14-,15-,18?/m1/s1. The number of nitrogens with one attached hydrogen (secondary N) is 1. The minimum absolute atomic E-state index is 0.0323. The highest BCUT2D eigenvalue weighted by atomic mass is 32.2. The molecule has 0 amide bonds. The van der Waals surface area contributed by atoms with Gasteiger partial charge in [-0.2, -0.15) is 0 Å². The Morgan fingerprint density at radius 2 is 2.06 bits per heavy atom. The minimum Gasteiger partial charge on any atom is -0.504 e. The lowest BCUT2D eigenvalue weighted by molar-refractivity contribution is -0.0511. The van der Waals surface area contributed by atoms with Gasteiger partial charge in [-0.25, -0.2) is 15.0 Å². The number of ether oxygens (including phenoxy) is 2. The van der Waals surface area contributed by atoms with Crippen molar-refractivity contribution < 1.29 is 29.9 Å². The molecule has 1 unspecified atom stereocenters. The Morgan fingerprint density at radius 3 is 2.74 bits per heavy atom. The molecular weight excluding hydrogens is 426 g/mol. The zero-order chi connectivity index (χ0) is 22.1. The Bertz CT molecular complexity index is 1080. The van der Waals surface area contributed by atoms with Crippen LogP contribution in [0.2, 0.25) is 0 Å². The number of fused-ring (bicyclic) bond motifs is 1. The number of aromatic hydroxyl groups is 1. The zero-order valence-corrected chi connectivity index (χ0v) is 17.7. The van der Waals surface area contributed by atoms with Gasteiger partial charge in [-0.3, -0.25) is 4.57 Å². The summed E-state index contributed by atoms with van der Waals surface area (Å²) in [7, 11) is 1.48. The summed E-state index contributed by atoms with van der Waals surface area (Å²) in [5.41, 5.74) is 1.43. The molecule has 11 nitrogen and oxygen atoms in total. The first-order valence-corrected chi connectivity index (χ1v) is 10.7. The number of phenolic OH excluding ortho intramolecular Hbond substituents is 1. The Morgan fingerprint density at radius 1 is 1.26 bits per heavy atom. The largest absolute Gasteiger partial charge is 0.504 e. The zero-order valence-electron chi connectivity index (χ0n) is 16.8. The van der Waals surface area contributed by atoms with Crippen molar-refractivity contribution in [2.75, 3.05) is 25.3 Å². The van der Waals surface area contributed by atoms with Crippen molar-refractivity contribution in [2.45, 2.75) is 36.2 Å². The molecule has 4 atom stereocenters. The summed E-state index contributed by atoms with van der Waals surface area (Å²) in [6, 6.07) is 5.20. The van der Waals surface area contributed by atoms with Crippen LogP contribution in [0.1, 0.15) is 11.8 Å². The van der Waals surface area contributed by atoms with Crippen LogP contribution in [0, 0.1) is 0 Å². The Labute approximate surface area is 181 Å². The summed E-state index contributed by atoms with van der Waals surface area (Å²) in [6.45, 7) is -0.174. The van der Waals surface area contributed by atoms with Crippen LogP contribution in [0.5, 0.6) is 11.5 Å². The fourth-order valence-electron chi connectivity index (χ4n) is 3.46. The minimum atomic E-state index is -1.26. The predicted octanol–water partition coefficient (Wildman–Crippen LogP) is 0.486. The number of thioether (sulfide) groups is 1. The molecule has 0 saturated carbocycles.